The van der Waals surface area contributed by atoms with Crippen molar-refractivity contribution in [1.82, 2.24) is 25.8 Å². The van der Waals surface area contributed by atoms with Crippen LogP contribution in [-0.2, 0) is 6.42 Å². The van der Waals surface area contributed by atoms with E-state index in [1.165, 1.54) is 0 Å². The number of aromatic nitrogens is 3. The lowest BCUT2D eigenvalue weighted by molar-refractivity contribution is 0.261. The molecule has 0 bridgehead atoms. The van der Waals surface area contributed by atoms with Crippen LogP contribution >= 0.6 is 24.0 Å². The van der Waals surface area contributed by atoms with E-state index in [1.807, 2.05) is 43.3 Å². The minimum absolute atomic E-state index is 0. The molecular weight excluding hydrogens is 495 g/mol. The largest absolute Gasteiger partial charge is 0.493 e. The number of rotatable bonds is 6. The summed E-state index contributed by atoms with van der Waals surface area (Å²) in [6.45, 7) is 4.06. The fraction of sp³-hybridized carbons (Fsp3) is 0.333. The van der Waals surface area contributed by atoms with Crippen molar-refractivity contribution in [2.24, 2.45) is 4.99 Å². The van der Waals surface area contributed by atoms with E-state index in [0.717, 1.165) is 30.2 Å². The summed E-state index contributed by atoms with van der Waals surface area (Å²) in [5.74, 6) is 2.73. The van der Waals surface area contributed by atoms with Crippen LogP contribution in [0.15, 0.2) is 58.2 Å². The second-order valence-electron chi connectivity index (χ2n) is 6.61. The van der Waals surface area contributed by atoms with E-state index in [-0.39, 0.29) is 30.0 Å². The summed E-state index contributed by atoms with van der Waals surface area (Å²) in [5, 5.41) is 10.8. The highest BCUT2D eigenvalue weighted by atomic mass is 127. The Balaban J connectivity index is 0.00000256. The number of pyridine rings is 1. The number of hydrogen-bond donors (Lipinski definition) is 2. The van der Waals surface area contributed by atoms with Crippen molar-refractivity contribution in [3.8, 4) is 17.3 Å². The number of nitrogens with zero attached hydrogens (tertiary/aromatic N) is 4. The molecule has 0 amide bonds. The van der Waals surface area contributed by atoms with Gasteiger partial charge in [0.1, 0.15) is 11.4 Å². The fourth-order valence-corrected chi connectivity index (χ4v) is 3.19. The smallest absolute Gasteiger partial charge is 0.276 e. The molecule has 3 aromatic rings. The van der Waals surface area contributed by atoms with Crippen molar-refractivity contribution in [1.29, 1.82) is 0 Å². The zero-order valence-electron chi connectivity index (χ0n) is 16.7. The maximum absolute atomic E-state index is 5.74. The average molecular weight is 520 g/mol. The van der Waals surface area contributed by atoms with Crippen molar-refractivity contribution in [2.45, 2.75) is 25.8 Å². The lowest BCUT2D eigenvalue weighted by Gasteiger charge is -2.28. The number of aliphatic imine (C=N–C) groups is 1. The van der Waals surface area contributed by atoms with Gasteiger partial charge in [-0.05, 0) is 25.1 Å². The standard InChI is InChI=1S/C21H24N6O2.HI/c1-2-22-21(25-16-11-14-28-18-9-4-3-7-15(16)18)24-13-10-19-26-20(29-27-19)17-8-5-6-12-23-17;/h3-9,12,16H,2,10-11,13-14H2,1H3,(H2,22,24,25);1H. The highest BCUT2D eigenvalue weighted by Gasteiger charge is 2.21. The number of ether oxygens (including phenoxy) is 1. The van der Waals surface area contributed by atoms with Gasteiger partial charge in [0.05, 0.1) is 12.6 Å². The van der Waals surface area contributed by atoms with Gasteiger partial charge in [0.15, 0.2) is 11.8 Å². The van der Waals surface area contributed by atoms with Crippen LogP contribution in [0.2, 0.25) is 0 Å². The molecule has 0 radical (unpaired) electrons. The van der Waals surface area contributed by atoms with Crippen LogP contribution in [0.3, 0.4) is 0 Å². The van der Waals surface area contributed by atoms with Crippen LogP contribution in [0.5, 0.6) is 5.75 Å². The highest BCUT2D eigenvalue weighted by molar-refractivity contribution is 14.0. The Morgan fingerprint density at radius 3 is 2.90 bits per heavy atom. The first-order valence-corrected chi connectivity index (χ1v) is 9.84. The third-order valence-electron chi connectivity index (χ3n) is 4.57. The van der Waals surface area contributed by atoms with E-state index >= 15 is 0 Å². The Labute approximate surface area is 192 Å². The first kappa shape index (κ1) is 22.0. The van der Waals surface area contributed by atoms with E-state index in [9.17, 15) is 0 Å². The van der Waals surface area contributed by atoms with E-state index in [0.29, 0.717) is 37.0 Å². The van der Waals surface area contributed by atoms with Gasteiger partial charge in [-0.25, -0.2) is 0 Å². The van der Waals surface area contributed by atoms with Crippen LogP contribution in [0.1, 0.15) is 30.8 Å². The summed E-state index contributed by atoms with van der Waals surface area (Å²) < 4.78 is 11.0. The summed E-state index contributed by atoms with van der Waals surface area (Å²) in [4.78, 5) is 13.3. The number of benzene rings is 1. The minimum Gasteiger partial charge on any atom is -0.493 e. The molecule has 1 aliphatic rings. The van der Waals surface area contributed by atoms with Crippen LogP contribution in [0, 0.1) is 0 Å². The van der Waals surface area contributed by atoms with E-state index < -0.39 is 0 Å². The molecule has 30 heavy (non-hydrogen) atoms. The Morgan fingerprint density at radius 1 is 1.20 bits per heavy atom. The molecule has 1 aliphatic heterocycles. The predicted octanol–water partition coefficient (Wildman–Crippen LogP) is 3.37. The van der Waals surface area contributed by atoms with Gasteiger partial charge in [-0.2, -0.15) is 4.98 Å². The van der Waals surface area contributed by atoms with Crippen LogP contribution in [-0.4, -0.2) is 40.8 Å². The third kappa shape index (κ3) is 5.47. The van der Waals surface area contributed by atoms with Gasteiger partial charge in [-0.1, -0.05) is 29.4 Å². The second-order valence-corrected chi connectivity index (χ2v) is 6.61. The van der Waals surface area contributed by atoms with Gasteiger partial charge >= 0.3 is 0 Å². The topological polar surface area (TPSA) is 97.5 Å². The summed E-state index contributed by atoms with van der Waals surface area (Å²) in [7, 11) is 0. The zero-order valence-corrected chi connectivity index (χ0v) is 19.1. The summed E-state index contributed by atoms with van der Waals surface area (Å²) >= 11 is 0. The van der Waals surface area contributed by atoms with Crippen LogP contribution < -0.4 is 15.4 Å². The molecule has 2 aromatic heterocycles. The van der Waals surface area contributed by atoms with Gasteiger partial charge in [0.2, 0.25) is 0 Å². The Hall–Kier alpha value is -2.69. The molecule has 0 fully saturated rings. The lowest BCUT2D eigenvalue weighted by Crippen LogP contribution is -2.41. The van der Waals surface area contributed by atoms with Crippen molar-refractivity contribution in [3.05, 3.63) is 60.0 Å². The molecule has 8 nitrogen and oxygen atoms in total. The molecule has 0 saturated heterocycles. The minimum atomic E-state index is 0. The Kier molecular flexibility index (Phi) is 8.00. The average Bonchev–Trinajstić information content (AvgIpc) is 3.24. The summed E-state index contributed by atoms with van der Waals surface area (Å²) in [6.07, 6.45) is 3.17. The SMILES string of the molecule is CCNC(=NCCc1noc(-c2ccccn2)n1)NC1CCOc2ccccc21.I. The summed E-state index contributed by atoms with van der Waals surface area (Å²) in [6, 6.07) is 13.9. The van der Waals surface area contributed by atoms with Crippen LogP contribution in [0.4, 0.5) is 0 Å². The molecule has 3 heterocycles. The first-order chi connectivity index (χ1) is 14.3. The number of guanidine groups is 1. The maximum Gasteiger partial charge on any atom is 0.276 e. The third-order valence-corrected chi connectivity index (χ3v) is 4.57. The molecular formula is C21H25IN6O2. The lowest BCUT2D eigenvalue weighted by atomic mass is 10.0. The first-order valence-electron chi connectivity index (χ1n) is 9.84. The molecule has 1 unspecified atom stereocenters. The van der Waals surface area contributed by atoms with E-state index in [1.54, 1.807) is 6.20 Å². The van der Waals surface area contributed by atoms with Crippen molar-refractivity contribution >= 4 is 29.9 Å². The number of fused-ring (bicyclic) bond motifs is 1. The molecule has 1 aromatic carbocycles. The van der Waals surface area contributed by atoms with E-state index in [4.69, 9.17) is 9.26 Å². The highest BCUT2D eigenvalue weighted by Crippen LogP contribution is 2.31. The van der Waals surface area contributed by atoms with Crippen molar-refractivity contribution < 1.29 is 9.26 Å². The molecule has 1 atom stereocenters. The normalized spacial score (nSPS) is 15.5. The number of hydrogen-bond acceptors (Lipinski definition) is 6. The Morgan fingerprint density at radius 2 is 2.07 bits per heavy atom. The number of halogens is 1. The van der Waals surface area contributed by atoms with Gasteiger partial charge in [0, 0.05) is 37.7 Å². The monoisotopic (exact) mass is 520 g/mol. The van der Waals surface area contributed by atoms with Crippen LogP contribution in [0.25, 0.3) is 11.6 Å². The van der Waals surface area contributed by atoms with Gasteiger partial charge in [-0.3, -0.25) is 9.98 Å². The molecule has 9 heteroatoms. The molecule has 158 valence electrons. The van der Waals surface area contributed by atoms with Gasteiger partial charge < -0.3 is 19.9 Å². The Bertz CT molecular complexity index is 963. The zero-order chi connectivity index (χ0) is 19.9. The fourth-order valence-electron chi connectivity index (χ4n) is 3.19. The number of nitrogens with one attached hydrogen (secondary N) is 2. The van der Waals surface area contributed by atoms with Gasteiger partial charge in [0.25, 0.3) is 5.89 Å². The molecule has 4 rings (SSSR count). The van der Waals surface area contributed by atoms with Crippen molar-refractivity contribution in [3.63, 3.8) is 0 Å². The van der Waals surface area contributed by atoms with Crippen molar-refractivity contribution in [2.75, 3.05) is 19.7 Å². The van der Waals surface area contributed by atoms with E-state index in [2.05, 4.69) is 36.8 Å². The predicted molar refractivity (Wildman–Crippen MR) is 125 cm³/mol. The molecule has 0 spiro atoms. The summed E-state index contributed by atoms with van der Waals surface area (Å²) in [5.41, 5.74) is 1.82. The molecule has 0 saturated carbocycles. The quantitative estimate of drug-likeness (QED) is 0.292. The van der Waals surface area contributed by atoms with Gasteiger partial charge in [-0.15, -0.1) is 24.0 Å². The number of para-hydroxylation sites is 1. The maximum atomic E-state index is 5.74. The second kappa shape index (κ2) is 10.9. The molecule has 0 aliphatic carbocycles. The molecule has 2 N–H and O–H groups in total.